The zero-order valence-electron chi connectivity index (χ0n) is 11.4. The summed E-state index contributed by atoms with van der Waals surface area (Å²) in [4.78, 5) is 12.3. The molecule has 1 heteroatoms. The molecule has 2 rings (SSSR count). The maximum Gasteiger partial charge on any atom is 0.155 e. The first kappa shape index (κ1) is 12.9. The third-order valence-electron chi connectivity index (χ3n) is 3.32. The predicted octanol–water partition coefficient (Wildman–Crippen LogP) is 3.73. The zero-order valence-corrected chi connectivity index (χ0v) is 11.4. The summed E-state index contributed by atoms with van der Waals surface area (Å²) < 4.78 is 0. The Morgan fingerprint density at radius 3 is 2.33 bits per heavy atom. The van der Waals surface area contributed by atoms with Crippen LogP contribution in [0.25, 0.3) is 0 Å². The SMILES string of the molecule is CC(C)(C)C#CCC(=O)C1(c2ccccc2)CC1. The van der Waals surface area contributed by atoms with Crippen LogP contribution in [0.2, 0.25) is 0 Å². The average Bonchev–Trinajstić information content (AvgIpc) is 3.09. The predicted molar refractivity (Wildman–Crippen MR) is 74.2 cm³/mol. The molecule has 1 aromatic rings. The molecule has 0 bridgehead atoms. The van der Waals surface area contributed by atoms with Gasteiger partial charge in [0, 0.05) is 5.41 Å². The van der Waals surface area contributed by atoms with Crippen LogP contribution in [0, 0.1) is 17.3 Å². The summed E-state index contributed by atoms with van der Waals surface area (Å²) in [7, 11) is 0. The van der Waals surface area contributed by atoms with Gasteiger partial charge in [-0.25, -0.2) is 0 Å². The van der Waals surface area contributed by atoms with Crippen molar-refractivity contribution in [3.63, 3.8) is 0 Å². The Hall–Kier alpha value is -1.55. The largest absolute Gasteiger partial charge is 0.298 e. The normalized spacial score (nSPS) is 16.6. The van der Waals surface area contributed by atoms with Crippen molar-refractivity contribution in [3.8, 4) is 11.8 Å². The molecule has 0 atom stereocenters. The van der Waals surface area contributed by atoms with Gasteiger partial charge in [0.15, 0.2) is 5.78 Å². The molecule has 0 radical (unpaired) electrons. The summed E-state index contributed by atoms with van der Waals surface area (Å²) in [5, 5.41) is 0. The molecule has 0 N–H and O–H groups in total. The van der Waals surface area contributed by atoms with E-state index in [4.69, 9.17) is 0 Å². The quantitative estimate of drug-likeness (QED) is 0.736. The van der Waals surface area contributed by atoms with Crippen LogP contribution in [0.3, 0.4) is 0 Å². The van der Waals surface area contributed by atoms with Gasteiger partial charge < -0.3 is 0 Å². The number of rotatable bonds is 3. The van der Waals surface area contributed by atoms with Crippen LogP contribution in [0.4, 0.5) is 0 Å². The van der Waals surface area contributed by atoms with Crippen molar-refractivity contribution in [1.29, 1.82) is 0 Å². The molecule has 1 aliphatic carbocycles. The lowest BCUT2D eigenvalue weighted by molar-refractivity contribution is -0.120. The van der Waals surface area contributed by atoms with Crippen LogP contribution in [0.1, 0.15) is 45.6 Å². The lowest BCUT2D eigenvalue weighted by atomic mass is 9.89. The van der Waals surface area contributed by atoms with E-state index in [0.717, 1.165) is 18.4 Å². The van der Waals surface area contributed by atoms with E-state index in [1.807, 2.05) is 18.2 Å². The molecule has 0 heterocycles. The highest BCUT2D eigenvalue weighted by Gasteiger charge is 2.49. The maximum atomic E-state index is 12.3. The fourth-order valence-electron chi connectivity index (χ4n) is 2.17. The summed E-state index contributed by atoms with van der Waals surface area (Å²) in [6.45, 7) is 6.19. The number of benzene rings is 1. The number of hydrogen-bond acceptors (Lipinski definition) is 1. The third kappa shape index (κ3) is 2.82. The second-order valence-corrected chi connectivity index (χ2v) is 6.10. The van der Waals surface area contributed by atoms with Gasteiger partial charge >= 0.3 is 0 Å². The molecule has 1 nitrogen and oxygen atoms in total. The van der Waals surface area contributed by atoms with Gasteiger partial charge in [-0.3, -0.25) is 4.79 Å². The van der Waals surface area contributed by atoms with Crippen LogP contribution < -0.4 is 0 Å². The number of Topliss-reactive ketones (excluding diaryl/α,β-unsaturated/α-hetero) is 1. The molecular formula is C17H20O. The summed E-state index contributed by atoms with van der Waals surface area (Å²) in [5.41, 5.74) is 0.921. The molecule has 1 saturated carbocycles. The Balaban J connectivity index is 2.08. The van der Waals surface area contributed by atoms with E-state index >= 15 is 0 Å². The van der Waals surface area contributed by atoms with Gasteiger partial charge in [0.25, 0.3) is 0 Å². The average molecular weight is 240 g/mol. The lowest BCUT2D eigenvalue weighted by Crippen LogP contribution is -2.19. The van der Waals surface area contributed by atoms with E-state index < -0.39 is 0 Å². The first-order valence-corrected chi connectivity index (χ1v) is 6.53. The zero-order chi connectivity index (χ0) is 13.2. The smallest absolute Gasteiger partial charge is 0.155 e. The first-order chi connectivity index (χ1) is 8.44. The lowest BCUT2D eigenvalue weighted by Gasteiger charge is -2.13. The minimum absolute atomic E-state index is 0.0241. The number of hydrogen-bond donors (Lipinski definition) is 0. The molecule has 18 heavy (non-hydrogen) atoms. The molecule has 0 aromatic heterocycles. The van der Waals surface area contributed by atoms with Gasteiger partial charge in [0.05, 0.1) is 11.8 Å². The minimum atomic E-state index is -0.214. The van der Waals surface area contributed by atoms with Crippen LogP contribution in [-0.4, -0.2) is 5.78 Å². The fraction of sp³-hybridized carbons (Fsp3) is 0.471. The summed E-state index contributed by atoms with van der Waals surface area (Å²) in [6.07, 6.45) is 2.34. The molecule has 1 aromatic carbocycles. The molecule has 0 saturated heterocycles. The van der Waals surface area contributed by atoms with Crippen LogP contribution in [-0.2, 0) is 10.2 Å². The summed E-state index contributed by atoms with van der Waals surface area (Å²) >= 11 is 0. The van der Waals surface area contributed by atoms with Gasteiger partial charge in [-0.1, -0.05) is 42.2 Å². The molecular weight excluding hydrogens is 220 g/mol. The number of carbonyl (C=O) groups excluding carboxylic acids is 1. The van der Waals surface area contributed by atoms with Crippen LogP contribution in [0.5, 0.6) is 0 Å². The molecule has 1 fully saturated rings. The third-order valence-corrected chi connectivity index (χ3v) is 3.32. The van der Waals surface area contributed by atoms with E-state index in [2.05, 4.69) is 44.7 Å². The number of carbonyl (C=O) groups is 1. The van der Waals surface area contributed by atoms with Gasteiger partial charge in [-0.15, -0.1) is 0 Å². The molecule has 1 aliphatic rings. The van der Waals surface area contributed by atoms with E-state index in [1.165, 1.54) is 0 Å². The highest BCUT2D eigenvalue weighted by atomic mass is 16.1. The van der Waals surface area contributed by atoms with E-state index in [9.17, 15) is 4.79 Å². The van der Waals surface area contributed by atoms with Crippen molar-refractivity contribution >= 4 is 5.78 Å². The van der Waals surface area contributed by atoms with Crippen molar-refractivity contribution in [2.75, 3.05) is 0 Å². The Morgan fingerprint density at radius 1 is 1.22 bits per heavy atom. The van der Waals surface area contributed by atoms with Crippen molar-refractivity contribution in [1.82, 2.24) is 0 Å². The van der Waals surface area contributed by atoms with Crippen LogP contribution in [0.15, 0.2) is 30.3 Å². The van der Waals surface area contributed by atoms with Crippen molar-refractivity contribution in [2.45, 2.75) is 45.4 Å². The fourth-order valence-corrected chi connectivity index (χ4v) is 2.17. The monoisotopic (exact) mass is 240 g/mol. The Morgan fingerprint density at radius 2 is 1.83 bits per heavy atom. The second kappa shape index (κ2) is 4.61. The van der Waals surface area contributed by atoms with Gasteiger partial charge in [0.1, 0.15) is 0 Å². The van der Waals surface area contributed by atoms with Gasteiger partial charge in [-0.2, -0.15) is 0 Å². The Kier molecular flexibility index (Phi) is 3.30. The molecule has 0 spiro atoms. The minimum Gasteiger partial charge on any atom is -0.298 e. The van der Waals surface area contributed by atoms with Crippen LogP contribution >= 0.6 is 0 Å². The molecule has 0 aliphatic heterocycles. The second-order valence-electron chi connectivity index (χ2n) is 6.10. The van der Waals surface area contributed by atoms with Crippen molar-refractivity contribution in [2.24, 2.45) is 5.41 Å². The first-order valence-electron chi connectivity index (χ1n) is 6.53. The summed E-state index contributed by atoms with van der Waals surface area (Å²) in [5.74, 6) is 6.46. The van der Waals surface area contributed by atoms with Crippen molar-refractivity contribution in [3.05, 3.63) is 35.9 Å². The highest BCUT2D eigenvalue weighted by Crippen LogP contribution is 2.49. The summed E-state index contributed by atoms with van der Waals surface area (Å²) in [6, 6.07) is 10.1. The van der Waals surface area contributed by atoms with E-state index in [-0.39, 0.29) is 16.6 Å². The van der Waals surface area contributed by atoms with E-state index in [0.29, 0.717) is 6.42 Å². The van der Waals surface area contributed by atoms with Crippen molar-refractivity contribution < 1.29 is 4.79 Å². The Bertz CT molecular complexity index is 490. The molecule has 94 valence electrons. The molecule has 0 amide bonds. The highest BCUT2D eigenvalue weighted by molar-refractivity contribution is 5.94. The van der Waals surface area contributed by atoms with Gasteiger partial charge in [-0.05, 0) is 39.2 Å². The maximum absolute atomic E-state index is 12.3. The topological polar surface area (TPSA) is 17.1 Å². The van der Waals surface area contributed by atoms with Gasteiger partial charge in [0.2, 0.25) is 0 Å². The van der Waals surface area contributed by atoms with E-state index in [1.54, 1.807) is 0 Å². The Labute approximate surface area is 110 Å². The number of ketones is 1. The molecule has 0 unspecified atom stereocenters. The standard InChI is InChI=1S/C17H20O/c1-16(2,3)11-7-10-15(18)17(12-13-17)14-8-5-4-6-9-14/h4-6,8-9H,10,12-13H2,1-3H3.